The summed E-state index contributed by atoms with van der Waals surface area (Å²) >= 11 is 0. The van der Waals surface area contributed by atoms with Crippen LogP contribution in [0.15, 0.2) is 48.5 Å². The predicted octanol–water partition coefficient (Wildman–Crippen LogP) is 3.47. The van der Waals surface area contributed by atoms with Crippen molar-refractivity contribution in [2.24, 2.45) is 0 Å². The number of piperazine rings is 1. The van der Waals surface area contributed by atoms with E-state index in [4.69, 9.17) is 9.47 Å². The van der Waals surface area contributed by atoms with Crippen LogP contribution in [0.25, 0.3) is 0 Å². The zero-order chi connectivity index (χ0) is 22.1. The average molecular weight is 425 g/mol. The first-order chi connectivity index (χ1) is 15.1. The highest BCUT2D eigenvalue weighted by Crippen LogP contribution is 2.17. The fourth-order valence-electron chi connectivity index (χ4n) is 3.69. The van der Waals surface area contributed by atoms with E-state index in [0.29, 0.717) is 58.5 Å². The van der Waals surface area contributed by atoms with Gasteiger partial charge in [0.1, 0.15) is 11.5 Å². The number of carbonyl (C=O) groups is 2. The number of aryl methyl sites for hydroxylation is 2. The molecule has 0 bridgehead atoms. The zero-order valence-corrected chi connectivity index (χ0v) is 18.5. The lowest BCUT2D eigenvalue weighted by atomic mass is 10.1. The molecule has 1 saturated heterocycles. The summed E-state index contributed by atoms with van der Waals surface area (Å²) in [6.45, 7) is 4.95. The molecule has 1 aliphatic heterocycles. The number of hydrogen-bond donors (Lipinski definition) is 0. The van der Waals surface area contributed by atoms with Crippen LogP contribution >= 0.6 is 0 Å². The lowest BCUT2D eigenvalue weighted by molar-refractivity contribution is -0.139. The quantitative estimate of drug-likeness (QED) is 0.579. The number of carbonyl (C=O) groups excluding carboxylic acids is 2. The maximum atomic E-state index is 12.5. The largest absolute Gasteiger partial charge is 0.497 e. The monoisotopic (exact) mass is 424 g/mol. The number of benzene rings is 2. The van der Waals surface area contributed by atoms with Crippen LogP contribution in [-0.2, 0) is 16.0 Å². The summed E-state index contributed by atoms with van der Waals surface area (Å²) in [5.41, 5.74) is 2.22. The lowest BCUT2D eigenvalue weighted by Gasteiger charge is -2.35. The normalized spacial score (nSPS) is 13.7. The van der Waals surface area contributed by atoms with E-state index < -0.39 is 0 Å². The van der Waals surface area contributed by atoms with Crippen molar-refractivity contribution in [3.63, 3.8) is 0 Å². The van der Waals surface area contributed by atoms with E-state index in [1.807, 2.05) is 65.3 Å². The number of nitrogens with zero attached hydrogens (tertiary/aromatic N) is 2. The van der Waals surface area contributed by atoms with Crippen LogP contribution in [-0.4, -0.2) is 61.5 Å². The third-order valence-electron chi connectivity index (χ3n) is 5.66. The van der Waals surface area contributed by atoms with Crippen LogP contribution in [0.4, 0.5) is 0 Å². The molecule has 0 aromatic heterocycles. The Kier molecular flexibility index (Phi) is 8.33. The molecular formula is C25H32N2O4. The second-order valence-electron chi connectivity index (χ2n) is 7.83. The molecule has 0 spiro atoms. The minimum absolute atomic E-state index is 0.138. The van der Waals surface area contributed by atoms with E-state index in [9.17, 15) is 9.59 Å². The van der Waals surface area contributed by atoms with Crippen LogP contribution in [0.3, 0.4) is 0 Å². The van der Waals surface area contributed by atoms with Crippen molar-refractivity contribution in [1.82, 2.24) is 9.80 Å². The molecular weight excluding hydrogens is 392 g/mol. The van der Waals surface area contributed by atoms with Crippen LogP contribution in [0.1, 0.15) is 30.4 Å². The minimum Gasteiger partial charge on any atom is -0.497 e. The number of methoxy groups -OCH3 is 1. The average Bonchev–Trinajstić information content (AvgIpc) is 2.81. The highest BCUT2D eigenvalue weighted by atomic mass is 16.5. The van der Waals surface area contributed by atoms with E-state index in [1.54, 1.807) is 7.11 Å². The Balaban J connectivity index is 1.33. The highest BCUT2D eigenvalue weighted by molar-refractivity contribution is 5.78. The first kappa shape index (κ1) is 22.7. The Morgan fingerprint density at radius 1 is 0.871 bits per heavy atom. The van der Waals surface area contributed by atoms with Crippen molar-refractivity contribution in [3.8, 4) is 11.5 Å². The molecule has 6 heteroatoms. The van der Waals surface area contributed by atoms with Crippen molar-refractivity contribution in [3.05, 3.63) is 59.7 Å². The molecule has 166 valence electrons. The van der Waals surface area contributed by atoms with Gasteiger partial charge in [0, 0.05) is 39.0 Å². The third-order valence-corrected chi connectivity index (χ3v) is 5.66. The number of amides is 2. The molecule has 0 unspecified atom stereocenters. The second kappa shape index (κ2) is 11.4. The van der Waals surface area contributed by atoms with Gasteiger partial charge in [-0.15, -0.1) is 0 Å². The van der Waals surface area contributed by atoms with Gasteiger partial charge in [0.25, 0.3) is 0 Å². The molecule has 0 atom stereocenters. The molecule has 31 heavy (non-hydrogen) atoms. The van der Waals surface area contributed by atoms with E-state index >= 15 is 0 Å². The molecule has 3 rings (SSSR count). The molecule has 1 aliphatic rings. The summed E-state index contributed by atoms with van der Waals surface area (Å²) in [6, 6.07) is 15.7. The van der Waals surface area contributed by atoms with Gasteiger partial charge in [-0.05, 0) is 49.1 Å². The van der Waals surface area contributed by atoms with Gasteiger partial charge in [-0.25, -0.2) is 0 Å². The number of para-hydroxylation sites is 1. The fourth-order valence-corrected chi connectivity index (χ4v) is 3.69. The maximum Gasteiger partial charge on any atom is 0.223 e. The molecule has 2 aromatic carbocycles. The van der Waals surface area contributed by atoms with E-state index in [1.165, 1.54) is 0 Å². The van der Waals surface area contributed by atoms with E-state index in [-0.39, 0.29) is 11.8 Å². The van der Waals surface area contributed by atoms with Gasteiger partial charge >= 0.3 is 0 Å². The van der Waals surface area contributed by atoms with Crippen molar-refractivity contribution in [1.29, 1.82) is 0 Å². The van der Waals surface area contributed by atoms with E-state index in [0.717, 1.165) is 22.6 Å². The second-order valence-corrected chi connectivity index (χ2v) is 7.83. The smallest absolute Gasteiger partial charge is 0.223 e. The first-order valence-corrected chi connectivity index (χ1v) is 10.9. The maximum absolute atomic E-state index is 12.5. The van der Waals surface area contributed by atoms with Crippen LogP contribution < -0.4 is 9.47 Å². The number of hydrogen-bond acceptors (Lipinski definition) is 4. The molecule has 1 fully saturated rings. The molecule has 2 amide bonds. The summed E-state index contributed by atoms with van der Waals surface area (Å²) in [5.74, 6) is 1.97. The van der Waals surface area contributed by atoms with Crippen LogP contribution in [0.5, 0.6) is 11.5 Å². The van der Waals surface area contributed by atoms with Gasteiger partial charge in [0.15, 0.2) is 0 Å². The summed E-state index contributed by atoms with van der Waals surface area (Å²) in [7, 11) is 1.64. The number of ether oxygens (including phenoxy) is 2. The highest BCUT2D eigenvalue weighted by Gasteiger charge is 2.23. The Labute approximate surface area is 184 Å². The summed E-state index contributed by atoms with van der Waals surface area (Å²) < 4.78 is 10.9. The summed E-state index contributed by atoms with van der Waals surface area (Å²) in [4.78, 5) is 28.7. The third kappa shape index (κ3) is 6.74. The topological polar surface area (TPSA) is 59.1 Å². The molecule has 0 radical (unpaired) electrons. The van der Waals surface area contributed by atoms with Crippen LogP contribution in [0.2, 0.25) is 0 Å². The van der Waals surface area contributed by atoms with Gasteiger partial charge in [-0.1, -0.05) is 30.3 Å². The van der Waals surface area contributed by atoms with Crippen LogP contribution in [0, 0.1) is 6.92 Å². The lowest BCUT2D eigenvalue weighted by Crippen LogP contribution is -2.50. The molecule has 6 nitrogen and oxygen atoms in total. The molecule has 2 aromatic rings. The Hall–Kier alpha value is -3.02. The first-order valence-electron chi connectivity index (χ1n) is 10.9. The van der Waals surface area contributed by atoms with Gasteiger partial charge < -0.3 is 19.3 Å². The Morgan fingerprint density at radius 3 is 2.10 bits per heavy atom. The molecule has 0 N–H and O–H groups in total. The summed E-state index contributed by atoms with van der Waals surface area (Å²) in [6.07, 6.45) is 2.35. The molecule has 0 aliphatic carbocycles. The van der Waals surface area contributed by atoms with Crippen molar-refractivity contribution in [2.45, 2.75) is 32.6 Å². The van der Waals surface area contributed by atoms with Crippen molar-refractivity contribution in [2.75, 3.05) is 39.9 Å². The predicted molar refractivity (Wildman–Crippen MR) is 120 cm³/mol. The fraction of sp³-hybridized carbons (Fsp3) is 0.440. The van der Waals surface area contributed by atoms with Crippen molar-refractivity contribution < 1.29 is 19.1 Å². The number of rotatable bonds is 9. The van der Waals surface area contributed by atoms with Gasteiger partial charge in [0.05, 0.1) is 13.7 Å². The summed E-state index contributed by atoms with van der Waals surface area (Å²) in [5, 5.41) is 0. The Morgan fingerprint density at radius 2 is 1.48 bits per heavy atom. The van der Waals surface area contributed by atoms with E-state index in [2.05, 4.69) is 0 Å². The van der Waals surface area contributed by atoms with Gasteiger partial charge in [-0.3, -0.25) is 9.59 Å². The SMILES string of the molecule is COc1ccc(CCC(=O)N2CCN(C(=O)CCCOc3ccccc3C)CC2)cc1. The van der Waals surface area contributed by atoms with Crippen molar-refractivity contribution >= 4 is 11.8 Å². The Bertz CT molecular complexity index is 858. The molecule has 1 heterocycles. The minimum atomic E-state index is 0.138. The standard InChI is InChI=1S/C25H32N2O4/c1-20-6-3-4-7-23(20)31-19-5-8-24(28)26-15-17-27(18-16-26)25(29)14-11-21-9-12-22(30-2)13-10-21/h3-4,6-7,9-10,12-13H,5,8,11,14-19H2,1-2H3. The van der Waals surface area contributed by atoms with Gasteiger partial charge in [0.2, 0.25) is 11.8 Å². The zero-order valence-electron chi connectivity index (χ0n) is 18.5. The van der Waals surface area contributed by atoms with Gasteiger partial charge in [-0.2, -0.15) is 0 Å². The molecule has 0 saturated carbocycles.